The van der Waals surface area contributed by atoms with E-state index in [0.29, 0.717) is 10.6 Å². The van der Waals surface area contributed by atoms with Gasteiger partial charge in [-0.2, -0.15) is 0 Å². The molecule has 0 aliphatic rings. The lowest BCUT2D eigenvalue weighted by molar-refractivity contribution is 0.564. The highest BCUT2D eigenvalue weighted by Crippen LogP contribution is 2.22. The van der Waals surface area contributed by atoms with E-state index in [2.05, 4.69) is 0 Å². The number of nitrogen functional groups attached to an aromatic ring is 1. The fourth-order valence-corrected chi connectivity index (χ4v) is 3.13. The second-order valence-corrected chi connectivity index (χ2v) is 5.63. The molecule has 0 fully saturated rings. The van der Waals surface area contributed by atoms with Crippen LogP contribution in [0.15, 0.2) is 41.3 Å². The standard InChI is InChI=1S/C14H13F2NOS/c1-9-5-6-10(17)7-14(9)19(18)8-11-12(15)3-2-4-13(11)16/h2-7H,8,17H2,1H3. The lowest BCUT2D eigenvalue weighted by Gasteiger charge is -2.08. The van der Waals surface area contributed by atoms with Gasteiger partial charge in [0.15, 0.2) is 0 Å². The van der Waals surface area contributed by atoms with Crippen LogP contribution < -0.4 is 5.73 Å². The van der Waals surface area contributed by atoms with Gasteiger partial charge in [0.1, 0.15) is 11.6 Å². The molecule has 0 amide bonds. The molecule has 2 rings (SSSR count). The minimum Gasteiger partial charge on any atom is -0.399 e. The van der Waals surface area contributed by atoms with E-state index in [9.17, 15) is 13.0 Å². The second-order valence-electron chi connectivity index (χ2n) is 4.22. The predicted octanol–water partition coefficient (Wildman–Crippen LogP) is 3.16. The average Bonchev–Trinajstić information content (AvgIpc) is 2.37. The quantitative estimate of drug-likeness (QED) is 0.878. The Hall–Kier alpha value is -1.75. The van der Waals surface area contributed by atoms with Gasteiger partial charge in [-0.3, -0.25) is 4.21 Å². The van der Waals surface area contributed by atoms with Crippen LogP contribution in [-0.4, -0.2) is 4.21 Å². The Balaban J connectivity index is 2.34. The van der Waals surface area contributed by atoms with Gasteiger partial charge in [0.2, 0.25) is 0 Å². The summed E-state index contributed by atoms with van der Waals surface area (Å²) in [5.74, 6) is -1.58. The fourth-order valence-electron chi connectivity index (χ4n) is 1.74. The van der Waals surface area contributed by atoms with Crippen LogP contribution >= 0.6 is 0 Å². The summed E-state index contributed by atoms with van der Waals surface area (Å²) in [6, 6.07) is 8.59. The zero-order valence-electron chi connectivity index (χ0n) is 10.3. The van der Waals surface area contributed by atoms with E-state index in [1.807, 2.05) is 0 Å². The highest BCUT2D eigenvalue weighted by Gasteiger charge is 2.15. The maximum absolute atomic E-state index is 13.5. The number of rotatable bonds is 3. The first-order valence-electron chi connectivity index (χ1n) is 5.66. The smallest absolute Gasteiger partial charge is 0.130 e. The largest absolute Gasteiger partial charge is 0.399 e. The van der Waals surface area contributed by atoms with E-state index in [1.54, 1.807) is 25.1 Å². The van der Waals surface area contributed by atoms with Crippen LogP contribution in [0.3, 0.4) is 0 Å². The highest BCUT2D eigenvalue weighted by atomic mass is 32.2. The van der Waals surface area contributed by atoms with Gasteiger partial charge >= 0.3 is 0 Å². The van der Waals surface area contributed by atoms with Gasteiger partial charge in [0.05, 0.1) is 16.6 Å². The number of benzene rings is 2. The maximum atomic E-state index is 13.5. The summed E-state index contributed by atoms with van der Waals surface area (Å²) in [6.07, 6.45) is 0. The minimum absolute atomic E-state index is 0.164. The summed E-state index contributed by atoms with van der Waals surface area (Å²) in [5.41, 5.74) is 6.73. The van der Waals surface area contributed by atoms with Gasteiger partial charge in [-0.1, -0.05) is 12.1 Å². The van der Waals surface area contributed by atoms with E-state index in [0.717, 1.165) is 17.7 Å². The van der Waals surface area contributed by atoms with Crippen LogP contribution in [-0.2, 0) is 16.6 Å². The topological polar surface area (TPSA) is 43.1 Å². The Morgan fingerprint density at radius 1 is 1.16 bits per heavy atom. The predicted molar refractivity (Wildman–Crippen MR) is 72.1 cm³/mol. The Bertz CT molecular complexity index is 623. The summed E-state index contributed by atoms with van der Waals surface area (Å²) < 4.78 is 39.2. The van der Waals surface area contributed by atoms with Crippen LogP contribution in [0.2, 0.25) is 0 Å². The van der Waals surface area contributed by atoms with Crippen LogP contribution in [0.5, 0.6) is 0 Å². The van der Waals surface area contributed by atoms with Gasteiger partial charge in [0.25, 0.3) is 0 Å². The Labute approximate surface area is 112 Å². The van der Waals surface area contributed by atoms with Crippen molar-refractivity contribution < 1.29 is 13.0 Å². The van der Waals surface area contributed by atoms with Crippen LogP contribution in [0.1, 0.15) is 11.1 Å². The van der Waals surface area contributed by atoms with Gasteiger partial charge in [-0.15, -0.1) is 0 Å². The molecular weight excluding hydrogens is 268 g/mol. The lowest BCUT2D eigenvalue weighted by atomic mass is 10.2. The number of nitrogens with two attached hydrogens (primary N) is 1. The summed E-state index contributed by atoms with van der Waals surface area (Å²) in [4.78, 5) is 0.502. The van der Waals surface area contributed by atoms with Gasteiger partial charge in [0, 0.05) is 16.1 Å². The number of hydrogen-bond donors (Lipinski definition) is 1. The molecule has 5 heteroatoms. The van der Waals surface area contributed by atoms with E-state index in [1.165, 1.54) is 6.07 Å². The normalized spacial score (nSPS) is 12.4. The Morgan fingerprint density at radius 2 is 1.79 bits per heavy atom. The van der Waals surface area contributed by atoms with Crippen molar-refractivity contribution in [1.29, 1.82) is 0 Å². The third kappa shape index (κ3) is 2.98. The molecule has 1 unspecified atom stereocenters. The molecule has 2 nitrogen and oxygen atoms in total. The molecule has 1 atom stereocenters. The van der Waals surface area contributed by atoms with Crippen molar-refractivity contribution in [2.45, 2.75) is 17.6 Å². The number of hydrogen-bond acceptors (Lipinski definition) is 2. The molecular formula is C14H13F2NOS. The summed E-state index contributed by atoms with van der Waals surface area (Å²) in [7, 11) is -1.54. The van der Waals surface area contributed by atoms with Crippen molar-refractivity contribution in [3.8, 4) is 0 Å². The first-order chi connectivity index (χ1) is 8.99. The summed E-state index contributed by atoms with van der Waals surface area (Å²) >= 11 is 0. The molecule has 0 radical (unpaired) electrons. The van der Waals surface area contributed by atoms with Gasteiger partial charge in [-0.25, -0.2) is 8.78 Å². The first kappa shape index (κ1) is 13.7. The number of aryl methyl sites for hydroxylation is 1. The molecule has 0 aliphatic heterocycles. The zero-order valence-corrected chi connectivity index (χ0v) is 11.1. The third-order valence-corrected chi connectivity index (χ3v) is 4.28. The first-order valence-corrected chi connectivity index (χ1v) is 6.98. The molecule has 2 aromatic carbocycles. The molecule has 0 heterocycles. The molecule has 2 N–H and O–H groups in total. The van der Waals surface area contributed by atoms with E-state index < -0.39 is 22.4 Å². The van der Waals surface area contributed by atoms with Crippen molar-refractivity contribution in [1.82, 2.24) is 0 Å². The number of anilines is 1. The molecule has 19 heavy (non-hydrogen) atoms. The molecule has 0 saturated carbocycles. The van der Waals surface area contributed by atoms with Crippen molar-refractivity contribution >= 4 is 16.5 Å². The molecule has 2 aromatic rings. The maximum Gasteiger partial charge on any atom is 0.130 e. The molecule has 0 bridgehead atoms. The Kier molecular flexibility index (Phi) is 3.95. The van der Waals surface area contributed by atoms with E-state index in [-0.39, 0.29) is 11.3 Å². The Morgan fingerprint density at radius 3 is 2.42 bits per heavy atom. The number of halogens is 2. The monoisotopic (exact) mass is 281 g/mol. The van der Waals surface area contributed by atoms with Crippen molar-refractivity contribution in [3.05, 3.63) is 59.2 Å². The van der Waals surface area contributed by atoms with Crippen LogP contribution in [0, 0.1) is 18.6 Å². The lowest BCUT2D eigenvalue weighted by Crippen LogP contribution is -2.04. The molecule has 0 aromatic heterocycles. The van der Waals surface area contributed by atoms with Crippen LogP contribution in [0.25, 0.3) is 0 Å². The minimum atomic E-state index is -1.54. The van der Waals surface area contributed by atoms with Crippen molar-refractivity contribution in [2.24, 2.45) is 0 Å². The van der Waals surface area contributed by atoms with Gasteiger partial charge in [-0.05, 0) is 36.8 Å². The van der Waals surface area contributed by atoms with E-state index in [4.69, 9.17) is 5.73 Å². The van der Waals surface area contributed by atoms with Crippen LogP contribution in [0.4, 0.5) is 14.5 Å². The zero-order chi connectivity index (χ0) is 14.0. The molecule has 0 aliphatic carbocycles. The van der Waals surface area contributed by atoms with Gasteiger partial charge < -0.3 is 5.73 Å². The molecule has 0 saturated heterocycles. The second kappa shape index (κ2) is 5.48. The highest BCUT2D eigenvalue weighted by molar-refractivity contribution is 7.84. The summed E-state index contributed by atoms with van der Waals surface area (Å²) in [6.45, 7) is 1.78. The average molecular weight is 281 g/mol. The molecule has 0 spiro atoms. The fraction of sp³-hybridized carbons (Fsp3) is 0.143. The SMILES string of the molecule is Cc1ccc(N)cc1S(=O)Cc1c(F)cccc1F. The summed E-state index contributed by atoms with van der Waals surface area (Å²) in [5, 5.41) is 0. The van der Waals surface area contributed by atoms with E-state index >= 15 is 0 Å². The van der Waals surface area contributed by atoms with Crippen molar-refractivity contribution in [2.75, 3.05) is 5.73 Å². The third-order valence-electron chi connectivity index (χ3n) is 2.79. The molecule has 100 valence electrons. The van der Waals surface area contributed by atoms with Crippen molar-refractivity contribution in [3.63, 3.8) is 0 Å².